The first-order chi connectivity index (χ1) is 17.9. The fraction of sp³-hybridized carbons (Fsp3) is 0.333. The van der Waals surface area contributed by atoms with Gasteiger partial charge in [-0.2, -0.15) is 4.31 Å². The summed E-state index contributed by atoms with van der Waals surface area (Å²) in [6, 6.07) is 21.1. The third-order valence-electron chi connectivity index (χ3n) is 6.78. The largest absolute Gasteiger partial charge is 0.348 e. The topological polar surface area (TPSA) is 95.6 Å². The summed E-state index contributed by atoms with van der Waals surface area (Å²) in [6.45, 7) is 9.03. The molecule has 0 radical (unpaired) electrons. The number of hydrogen-bond donors (Lipinski definition) is 2. The standard InChI is InChI=1S/C30H35N3O4S/c1-20-16-21(2)28(22(3)17-20)38(36,37)33-19-30(4,5)32-29(35)25(33)18-26(34)31-27(23-12-8-6-9-13-23)24-14-10-7-11-15-24/h6-17,25,27H,18-19H2,1-5H3,(H,31,34)(H,32,35)/t25-/m1/s1. The van der Waals surface area contributed by atoms with Gasteiger partial charge in [0.25, 0.3) is 0 Å². The summed E-state index contributed by atoms with van der Waals surface area (Å²) in [7, 11) is -4.08. The minimum atomic E-state index is -4.08. The fourth-order valence-corrected chi connectivity index (χ4v) is 7.43. The molecule has 1 saturated heterocycles. The second kappa shape index (κ2) is 10.7. The van der Waals surface area contributed by atoms with Crippen LogP contribution in [-0.4, -0.2) is 42.7 Å². The van der Waals surface area contributed by atoms with E-state index in [0.717, 1.165) is 16.7 Å². The Morgan fingerprint density at radius 1 is 0.974 bits per heavy atom. The van der Waals surface area contributed by atoms with E-state index in [1.54, 1.807) is 27.7 Å². The minimum Gasteiger partial charge on any atom is -0.348 e. The van der Waals surface area contributed by atoms with Gasteiger partial charge in [-0.25, -0.2) is 8.42 Å². The molecule has 0 aromatic heterocycles. The average molecular weight is 534 g/mol. The molecule has 3 aromatic carbocycles. The van der Waals surface area contributed by atoms with Crippen molar-refractivity contribution < 1.29 is 18.0 Å². The maximum Gasteiger partial charge on any atom is 0.244 e. The normalized spacial score (nSPS) is 17.7. The summed E-state index contributed by atoms with van der Waals surface area (Å²) in [5.41, 5.74) is 3.17. The van der Waals surface area contributed by atoms with Crippen LogP contribution in [0.5, 0.6) is 0 Å². The Morgan fingerprint density at radius 2 is 1.47 bits per heavy atom. The zero-order chi connectivity index (χ0) is 27.7. The molecule has 2 amide bonds. The number of piperazine rings is 1. The van der Waals surface area contributed by atoms with Gasteiger partial charge < -0.3 is 10.6 Å². The summed E-state index contributed by atoms with van der Waals surface area (Å²) in [5, 5.41) is 5.93. The first-order valence-corrected chi connectivity index (χ1v) is 14.1. The van der Waals surface area contributed by atoms with Crippen LogP contribution in [0.25, 0.3) is 0 Å². The fourth-order valence-electron chi connectivity index (χ4n) is 5.27. The second-order valence-corrected chi connectivity index (χ2v) is 12.5. The van der Waals surface area contributed by atoms with Crippen molar-refractivity contribution >= 4 is 21.8 Å². The molecule has 1 heterocycles. The lowest BCUT2D eigenvalue weighted by Gasteiger charge is -2.42. The van der Waals surface area contributed by atoms with Crippen molar-refractivity contribution in [3.8, 4) is 0 Å². The van der Waals surface area contributed by atoms with Gasteiger partial charge in [0.15, 0.2) is 0 Å². The van der Waals surface area contributed by atoms with Crippen molar-refractivity contribution in [1.29, 1.82) is 0 Å². The molecule has 7 nitrogen and oxygen atoms in total. The maximum atomic E-state index is 14.0. The highest BCUT2D eigenvalue weighted by molar-refractivity contribution is 7.89. The van der Waals surface area contributed by atoms with Gasteiger partial charge in [-0.05, 0) is 56.9 Å². The van der Waals surface area contributed by atoms with Gasteiger partial charge in [-0.3, -0.25) is 9.59 Å². The highest BCUT2D eigenvalue weighted by atomic mass is 32.2. The zero-order valence-electron chi connectivity index (χ0n) is 22.5. The van der Waals surface area contributed by atoms with Crippen LogP contribution in [0.2, 0.25) is 0 Å². The summed E-state index contributed by atoms with van der Waals surface area (Å²) in [4.78, 5) is 26.9. The summed E-state index contributed by atoms with van der Waals surface area (Å²) >= 11 is 0. The molecular weight excluding hydrogens is 498 g/mol. The van der Waals surface area contributed by atoms with E-state index in [9.17, 15) is 18.0 Å². The highest BCUT2D eigenvalue weighted by Crippen LogP contribution is 2.31. The number of nitrogens with one attached hydrogen (secondary N) is 2. The van der Waals surface area contributed by atoms with Gasteiger partial charge in [0.1, 0.15) is 6.04 Å². The van der Waals surface area contributed by atoms with Crippen molar-refractivity contribution in [2.24, 2.45) is 0 Å². The van der Waals surface area contributed by atoms with Crippen LogP contribution in [0.4, 0.5) is 0 Å². The minimum absolute atomic E-state index is 0.0482. The Hall–Kier alpha value is -3.49. The van der Waals surface area contributed by atoms with Crippen LogP contribution in [0.1, 0.15) is 54.1 Å². The molecule has 0 saturated carbocycles. The van der Waals surface area contributed by atoms with E-state index in [2.05, 4.69) is 10.6 Å². The van der Waals surface area contributed by atoms with Crippen LogP contribution in [-0.2, 0) is 19.6 Å². The lowest BCUT2D eigenvalue weighted by atomic mass is 9.97. The van der Waals surface area contributed by atoms with Gasteiger partial charge in [-0.15, -0.1) is 0 Å². The number of sulfonamides is 1. The highest BCUT2D eigenvalue weighted by Gasteiger charge is 2.46. The monoisotopic (exact) mass is 533 g/mol. The van der Waals surface area contributed by atoms with Gasteiger partial charge >= 0.3 is 0 Å². The lowest BCUT2D eigenvalue weighted by molar-refractivity contribution is -0.134. The smallest absolute Gasteiger partial charge is 0.244 e. The third-order valence-corrected chi connectivity index (χ3v) is 8.95. The molecule has 1 aliphatic heterocycles. The molecule has 1 atom stereocenters. The molecule has 1 aliphatic rings. The van der Waals surface area contributed by atoms with Crippen molar-refractivity contribution in [3.63, 3.8) is 0 Å². The summed E-state index contributed by atoms with van der Waals surface area (Å²) < 4.78 is 29.3. The van der Waals surface area contributed by atoms with Crippen molar-refractivity contribution in [1.82, 2.24) is 14.9 Å². The molecule has 8 heteroatoms. The lowest BCUT2D eigenvalue weighted by Crippen LogP contribution is -2.66. The van der Waals surface area contributed by atoms with Crippen LogP contribution in [0, 0.1) is 20.8 Å². The van der Waals surface area contributed by atoms with Crippen LogP contribution in [0.3, 0.4) is 0 Å². The number of aryl methyl sites for hydroxylation is 3. The van der Waals surface area contributed by atoms with E-state index in [0.29, 0.717) is 11.1 Å². The van der Waals surface area contributed by atoms with Gasteiger partial charge in [0.05, 0.1) is 17.4 Å². The van der Waals surface area contributed by atoms with E-state index in [1.165, 1.54) is 4.31 Å². The molecule has 4 rings (SSSR count). The van der Waals surface area contributed by atoms with E-state index >= 15 is 0 Å². The second-order valence-electron chi connectivity index (χ2n) is 10.7. The van der Waals surface area contributed by atoms with E-state index in [-0.39, 0.29) is 17.9 Å². The number of rotatable bonds is 7. The third kappa shape index (κ3) is 5.81. The number of carbonyl (C=O) groups excluding carboxylic acids is 2. The molecule has 0 unspecified atom stereocenters. The Labute approximate surface area is 225 Å². The van der Waals surface area contributed by atoms with Crippen molar-refractivity contribution in [3.05, 3.63) is 101 Å². The predicted octanol–water partition coefficient (Wildman–Crippen LogP) is 4.18. The molecule has 3 aromatic rings. The van der Waals surface area contributed by atoms with Gasteiger partial charge in [0.2, 0.25) is 21.8 Å². The summed E-state index contributed by atoms with van der Waals surface area (Å²) in [6.07, 6.45) is -0.304. The quantitative estimate of drug-likeness (QED) is 0.476. The van der Waals surface area contributed by atoms with E-state index in [4.69, 9.17) is 0 Å². The van der Waals surface area contributed by atoms with Crippen LogP contribution >= 0.6 is 0 Å². The Bertz CT molecular complexity index is 1370. The number of benzene rings is 3. The van der Waals surface area contributed by atoms with E-state index in [1.807, 2.05) is 79.7 Å². The Kier molecular flexibility index (Phi) is 7.76. The van der Waals surface area contributed by atoms with E-state index < -0.39 is 39.5 Å². The SMILES string of the molecule is Cc1cc(C)c(S(=O)(=O)N2CC(C)(C)NC(=O)[C@H]2CC(=O)NC(c2ccccc2)c2ccccc2)c(C)c1. The molecule has 0 bridgehead atoms. The molecule has 200 valence electrons. The average Bonchev–Trinajstić information content (AvgIpc) is 2.84. The first-order valence-electron chi connectivity index (χ1n) is 12.7. The summed E-state index contributed by atoms with van der Waals surface area (Å²) in [5.74, 6) is -0.904. The predicted molar refractivity (Wildman–Crippen MR) is 148 cm³/mol. The molecule has 1 fully saturated rings. The molecule has 0 aliphatic carbocycles. The van der Waals surface area contributed by atoms with Crippen molar-refractivity contribution in [2.75, 3.05) is 6.54 Å². The van der Waals surface area contributed by atoms with Crippen LogP contribution < -0.4 is 10.6 Å². The number of carbonyl (C=O) groups is 2. The van der Waals surface area contributed by atoms with Gasteiger partial charge in [0, 0.05) is 12.1 Å². The Morgan fingerprint density at radius 3 is 1.97 bits per heavy atom. The van der Waals surface area contributed by atoms with Gasteiger partial charge in [-0.1, -0.05) is 78.4 Å². The first kappa shape index (κ1) is 27.5. The molecule has 2 N–H and O–H groups in total. The maximum absolute atomic E-state index is 14.0. The number of nitrogens with zero attached hydrogens (tertiary/aromatic N) is 1. The molecule has 0 spiro atoms. The van der Waals surface area contributed by atoms with Crippen LogP contribution in [0.15, 0.2) is 77.7 Å². The Balaban J connectivity index is 1.67. The molecular formula is C30H35N3O4S. The number of amides is 2. The molecule has 38 heavy (non-hydrogen) atoms. The number of hydrogen-bond acceptors (Lipinski definition) is 4. The van der Waals surface area contributed by atoms with Crippen molar-refractivity contribution in [2.45, 2.75) is 63.6 Å². The zero-order valence-corrected chi connectivity index (χ0v) is 23.3.